The number of hydrogen-bond acceptors (Lipinski definition) is 6. The van der Waals surface area contributed by atoms with E-state index in [4.69, 9.17) is 4.52 Å². The number of hydrogen-bond donors (Lipinski definition) is 1. The van der Waals surface area contributed by atoms with Gasteiger partial charge in [-0.3, -0.25) is 9.78 Å². The standard InChI is InChI=1S/C20H22N4O4S/c25-19(22-18-11-13-28-23-18)14-24(16-8-2-1-3-9-16)29(26,27)17-10-4-6-15-7-5-12-21-20(15)17/h4-7,10-13,16H,1-3,8-9,14H2,(H,22,23,25). The Bertz CT molecular complexity index is 1090. The molecule has 1 N–H and O–H groups in total. The van der Waals surface area contributed by atoms with Crippen LogP contribution in [-0.2, 0) is 14.8 Å². The minimum Gasteiger partial charge on any atom is -0.363 e. The maximum Gasteiger partial charge on any atom is 0.245 e. The Morgan fingerprint density at radius 1 is 1.14 bits per heavy atom. The molecule has 152 valence electrons. The lowest BCUT2D eigenvalue weighted by Crippen LogP contribution is -2.45. The number of carbonyl (C=O) groups excluding carboxylic acids is 1. The van der Waals surface area contributed by atoms with Gasteiger partial charge in [-0.25, -0.2) is 8.42 Å². The summed E-state index contributed by atoms with van der Waals surface area (Å²) in [7, 11) is -3.94. The Morgan fingerprint density at radius 2 is 1.93 bits per heavy atom. The Morgan fingerprint density at radius 3 is 2.69 bits per heavy atom. The van der Waals surface area contributed by atoms with Gasteiger partial charge in [0, 0.05) is 23.7 Å². The predicted octanol–water partition coefficient (Wildman–Crippen LogP) is 3.18. The van der Waals surface area contributed by atoms with Gasteiger partial charge in [-0.15, -0.1) is 0 Å². The van der Waals surface area contributed by atoms with Gasteiger partial charge >= 0.3 is 0 Å². The number of nitrogens with one attached hydrogen (secondary N) is 1. The Hall–Kier alpha value is -2.78. The van der Waals surface area contributed by atoms with Crippen molar-refractivity contribution in [1.82, 2.24) is 14.4 Å². The molecule has 2 heterocycles. The van der Waals surface area contributed by atoms with E-state index in [9.17, 15) is 13.2 Å². The first-order chi connectivity index (χ1) is 14.1. The molecule has 0 aliphatic heterocycles. The van der Waals surface area contributed by atoms with Gasteiger partial charge in [0.15, 0.2) is 5.82 Å². The molecule has 1 aliphatic carbocycles. The summed E-state index contributed by atoms with van der Waals surface area (Å²) in [5.41, 5.74) is 0.410. The molecule has 1 amide bonds. The Labute approximate surface area is 169 Å². The highest BCUT2D eigenvalue weighted by Crippen LogP contribution is 2.30. The van der Waals surface area contributed by atoms with Crippen LogP contribution in [0.3, 0.4) is 0 Å². The molecular formula is C20H22N4O4S. The van der Waals surface area contributed by atoms with Gasteiger partial charge in [0.1, 0.15) is 11.2 Å². The lowest BCUT2D eigenvalue weighted by atomic mass is 9.95. The number of nitrogens with zero attached hydrogens (tertiary/aromatic N) is 3. The fourth-order valence-corrected chi connectivity index (χ4v) is 5.60. The van der Waals surface area contributed by atoms with Crippen molar-refractivity contribution in [3.63, 3.8) is 0 Å². The highest BCUT2D eigenvalue weighted by molar-refractivity contribution is 7.89. The zero-order valence-electron chi connectivity index (χ0n) is 15.8. The van der Waals surface area contributed by atoms with Gasteiger partial charge < -0.3 is 9.84 Å². The fraction of sp³-hybridized carbons (Fsp3) is 0.350. The van der Waals surface area contributed by atoms with E-state index < -0.39 is 15.9 Å². The zero-order valence-corrected chi connectivity index (χ0v) is 16.6. The highest BCUT2D eigenvalue weighted by Gasteiger charge is 2.35. The van der Waals surface area contributed by atoms with E-state index in [0.29, 0.717) is 5.52 Å². The van der Waals surface area contributed by atoms with Crippen molar-refractivity contribution < 1.29 is 17.7 Å². The van der Waals surface area contributed by atoms with E-state index in [0.717, 1.165) is 37.5 Å². The van der Waals surface area contributed by atoms with Gasteiger partial charge in [0.2, 0.25) is 15.9 Å². The Balaban J connectivity index is 1.69. The van der Waals surface area contributed by atoms with Crippen LogP contribution in [0.15, 0.2) is 58.3 Å². The molecule has 1 aromatic carbocycles. The van der Waals surface area contributed by atoms with Gasteiger partial charge in [-0.05, 0) is 25.0 Å². The maximum atomic E-state index is 13.7. The third-order valence-corrected chi connectivity index (χ3v) is 7.10. The van der Waals surface area contributed by atoms with Gasteiger partial charge in [-0.1, -0.05) is 42.6 Å². The van der Waals surface area contributed by atoms with Crippen LogP contribution in [0.1, 0.15) is 32.1 Å². The minimum atomic E-state index is -3.94. The molecule has 1 fully saturated rings. The molecule has 9 heteroatoms. The summed E-state index contributed by atoms with van der Waals surface area (Å²) in [5.74, 6) is -0.205. The van der Waals surface area contributed by atoms with E-state index >= 15 is 0 Å². The number of anilines is 1. The van der Waals surface area contributed by atoms with Crippen LogP contribution in [0.5, 0.6) is 0 Å². The van der Waals surface area contributed by atoms with E-state index in [-0.39, 0.29) is 23.3 Å². The number of carbonyl (C=O) groups is 1. The molecule has 0 radical (unpaired) electrons. The summed E-state index contributed by atoms with van der Waals surface area (Å²) in [6.45, 7) is -0.289. The molecule has 3 aromatic rings. The third kappa shape index (κ3) is 4.15. The molecule has 0 saturated heterocycles. The number of pyridine rings is 1. The lowest BCUT2D eigenvalue weighted by molar-refractivity contribution is -0.116. The summed E-state index contributed by atoms with van der Waals surface area (Å²) in [4.78, 5) is 17.0. The molecule has 1 aliphatic rings. The van der Waals surface area contributed by atoms with Crippen molar-refractivity contribution in [3.05, 3.63) is 48.9 Å². The number of rotatable bonds is 6. The van der Waals surface area contributed by atoms with Crippen molar-refractivity contribution in [2.75, 3.05) is 11.9 Å². The SMILES string of the molecule is O=C(CN(C1CCCCC1)S(=O)(=O)c1cccc2cccnc12)Nc1ccon1. The molecule has 0 atom stereocenters. The third-order valence-electron chi connectivity index (χ3n) is 5.17. The lowest BCUT2D eigenvalue weighted by Gasteiger charge is -2.33. The number of benzene rings is 1. The second-order valence-corrected chi connectivity index (χ2v) is 8.97. The molecule has 8 nitrogen and oxygen atoms in total. The smallest absolute Gasteiger partial charge is 0.245 e. The number of aromatic nitrogens is 2. The molecule has 0 spiro atoms. The number of sulfonamides is 1. The van der Waals surface area contributed by atoms with Gasteiger partial charge in [0.05, 0.1) is 12.1 Å². The minimum absolute atomic E-state index is 0.121. The molecule has 4 rings (SSSR count). The topological polar surface area (TPSA) is 105 Å². The zero-order chi connectivity index (χ0) is 20.3. The average Bonchev–Trinajstić information content (AvgIpc) is 3.25. The first-order valence-corrected chi connectivity index (χ1v) is 11.1. The summed E-state index contributed by atoms with van der Waals surface area (Å²) in [6, 6.07) is 9.94. The summed E-state index contributed by atoms with van der Waals surface area (Å²) < 4.78 is 33.4. The molecular weight excluding hydrogens is 392 g/mol. The van der Waals surface area contributed by atoms with Crippen molar-refractivity contribution in [2.45, 2.75) is 43.0 Å². The van der Waals surface area contributed by atoms with Crippen LogP contribution in [0.4, 0.5) is 5.82 Å². The van der Waals surface area contributed by atoms with Crippen molar-refractivity contribution in [2.24, 2.45) is 0 Å². The second-order valence-electron chi connectivity index (χ2n) is 7.11. The van der Waals surface area contributed by atoms with Crippen LogP contribution in [-0.4, -0.2) is 41.4 Å². The van der Waals surface area contributed by atoms with Crippen LogP contribution in [0.25, 0.3) is 10.9 Å². The van der Waals surface area contributed by atoms with Crippen LogP contribution < -0.4 is 5.32 Å². The van der Waals surface area contributed by atoms with Gasteiger partial charge in [-0.2, -0.15) is 4.31 Å². The monoisotopic (exact) mass is 414 g/mol. The number of fused-ring (bicyclic) bond motifs is 1. The molecule has 1 saturated carbocycles. The van der Waals surface area contributed by atoms with Crippen molar-refractivity contribution in [1.29, 1.82) is 0 Å². The summed E-state index contributed by atoms with van der Waals surface area (Å²) in [5, 5.41) is 6.98. The molecule has 0 unspecified atom stereocenters. The van der Waals surface area contributed by atoms with Crippen molar-refractivity contribution >= 4 is 32.7 Å². The van der Waals surface area contributed by atoms with E-state index in [1.54, 1.807) is 24.4 Å². The molecule has 29 heavy (non-hydrogen) atoms. The quantitative estimate of drug-likeness (QED) is 0.664. The van der Waals surface area contributed by atoms with Crippen LogP contribution in [0.2, 0.25) is 0 Å². The summed E-state index contributed by atoms with van der Waals surface area (Å²) >= 11 is 0. The number of amides is 1. The first-order valence-electron chi connectivity index (χ1n) is 9.61. The average molecular weight is 414 g/mol. The van der Waals surface area contributed by atoms with E-state index in [1.165, 1.54) is 16.6 Å². The maximum absolute atomic E-state index is 13.7. The fourth-order valence-electron chi connectivity index (χ4n) is 3.79. The number of para-hydroxylation sites is 1. The summed E-state index contributed by atoms with van der Waals surface area (Å²) in [6.07, 6.45) is 7.33. The molecule has 2 aromatic heterocycles. The molecule has 0 bridgehead atoms. The van der Waals surface area contributed by atoms with Crippen molar-refractivity contribution in [3.8, 4) is 0 Å². The predicted molar refractivity (Wildman–Crippen MR) is 108 cm³/mol. The van der Waals surface area contributed by atoms with Crippen LogP contribution >= 0.6 is 0 Å². The second kappa shape index (κ2) is 8.30. The normalized spacial score (nSPS) is 15.6. The van der Waals surface area contributed by atoms with E-state index in [2.05, 4.69) is 15.5 Å². The first kappa shape index (κ1) is 19.5. The van der Waals surface area contributed by atoms with Crippen LogP contribution in [0, 0.1) is 0 Å². The van der Waals surface area contributed by atoms with Gasteiger partial charge in [0.25, 0.3) is 0 Å². The largest absolute Gasteiger partial charge is 0.363 e. The Kier molecular flexibility index (Phi) is 5.59. The highest BCUT2D eigenvalue weighted by atomic mass is 32.2. The van der Waals surface area contributed by atoms with E-state index in [1.807, 2.05) is 12.1 Å².